The van der Waals surface area contributed by atoms with Gasteiger partial charge < -0.3 is 10.0 Å². The van der Waals surface area contributed by atoms with E-state index < -0.39 is 9.39 Å². The second-order valence-corrected chi connectivity index (χ2v) is 4.86. The SMILES string of the molecule is C=C(NC)NS(=C)(=C)C. The van der Waals surface area contributed by atoms with Crippen LogP contribution in [0.5, 0.6) is 0 Å². The molecular formula is C6H14N2S. The van der Waals surface area contributed by atoms with Crippen LogP contribution in [0.2, 0.25) is 0 Å². The van der Waals surface area contributed by atoms with E-state index in [1.807, 2.05) is 6.26 Å². The molecule has 0 aromatic heterocycles. The summed E-state index contributed by atoms with van der Waals surface area (Å²) in [4.78, 5) is 0. The van der Waals surface area contributed by atoms with Crippen LogP contribution >= 0.6 is 9.39 Å². The van der Waals surface area contributed by atoms with Gasteiger partial charge in [0, 0.05) is 7.05 Å². The van der Waals surface area contributed by atoms with Crippen molar-refractivity contribution in [3.05, 3.63) is 12.4 Å². The highest BCUT2D eigenvalue weighted by molar-refractivity contribution is 8.25. The lowest BCUT2D eigenvalue weighted by atomic mass is 10.8. The molecule has 2 N–H and O–H groups in total. The molecule has 0 unspecified atom stereocenters. The molecule has 0 aromatic rings. The molecule has 0 saturated heterocycles. The fourth-order valence-corrected chi connectivity index (χ4v) is 1.05. The fourth-order valence-electron chi connectivity index (χ4n) is 0.348. The molecule has 0 rings (SSSR count). The van der Waals surface area contributed by atoms with Crippen LogP contribution in [0.3, 0.4) is 0 Å². The van der Waals surface area contributed by atoms with Crippen molar-refractivity contribution in [2.75, 3.05) is 13.3 Å². The van der Waals surface area contributed by atoms with Crippen LogP contribution in [0.4, 0.5) is 0 Å². The molecule has 0 spiro atoms. The monoisotopic (exact) mass is 146 g/mol. The van der Waals surface area contributed by atoms with Crippen LogP contribution < -0.4 is 10.0 Å². The number of rotatable bonds is 3. The molecule has 3 heteroatoms. The van der Waals surface area contributed by atoms with Crippen molar-refractivity contribution in [1.82, 2.24) is 10.0 Å². The highest BCUT2D eigenvalue weighted by Gasteiger charge is 1.86. The van der Waals surface area contributed by atoms with Gasteiger partial charge in [-0.1, -0.05) is 18.3 Å². The van der Waals surface area contributed by atoms with Gasteiger partial charge in [-0.3, -0.25) is 0 Å². The lowest BCUT2D eigenvalue weighted by Gasteiger charge is -2.13. The Morgan fingerprint density at radius 3 is 2.00 bits per heavy atom. The maximum absolute atomic E-state index is 3.82. The summed E-state index contributed by atoms with van der Waals surface area (Å²) in [5.74, 6) is 8.41. The predicted molar refractivity (Wildman–Crippen MR) is 49.1 cm³/mol. The van der Waals surface area contributed by atoms with E-state index in [-0.39, 0.29) is 0 Å². The summed E-state index contributed by atoms with van der Waals surface area (Å²) in [5, 5.41) is 2.86. The van der Waals surface area contributed by atoms with Gasteiger partial charge in [0.15, 0.2) is 0 Å². The third-order valence-corrected chi connectivity index (χ3v) is 1.41. The van der Waals surface area contributed by atoms with E-state index in [0.29, 0.717) is 0 Å². The van der Waals surface area contributed by atoms with Crippen LogP contribution in [0.1, 0.15) is 0 Å². The zero-order valence-corrected chi connectivity index (χ0v) is 6.85. The average Bonchev–Trinajstić information content (AvgIpc) is 1.62. The third kappa shape index (κ3) is 5.30. The maximum atomic E-state index is 3.82. The summed E-state index contributed by atoms with van der Waals surface area (Å²) in [7, 11) is 0.659. The molecule has 0 fully saturated rings. The van der Waals surface area contributed by atoms with Crippen molar-refractivity contribution < 1.29 is 0 Å². The first-order valence-corrected chi connectivity index (χ1v) is 4.92. The zero-order valence-electron chi connectivity index (χ0n) is 6.03. The minimum atomic E-state index is -1.15. The van der Waals surface area contributed by atoms with Gasteiger partial charge >= 0.3 is 0 Å². The van der Waals surface area contributed by atoms with E-state index in [1.54, 1.807) is 7.05 Å². The summed E-state index contributed by atoms with van der Waals surface area (Å²) >= 11 is 0. The first-order chi connectivity index (χ1) is 3.95. The summed E-state index contributed by atoms with van der Waals surface area (Å²) in [6.45, 7) is 3.68. The number of nitrogens with one attached hydrogen (secondary N) is 2. The lowest BCUT2D eigenvalue weighted by Crippen LogP contribution is -2.18. The van der Waals surface area contributed by atoms with Crippen molar-refractivity contribution in [2.45, 2.75) is 0 Å². The van der Waals surface area contributed by atoms with E-state index in [9.17, 15) is 0 Å². The maximum Gasteiger partial charge on any atom is 0.100 e. The van der Waals surface area contributed by atoms with Crippen LogP contribution in [-0.4, -0.2) is 25.0 Å². The van der Waals surface area contributed by atoms with E-state index in [4.69, 9.17) is 0 Å². The normalized spacial score (nSPS) is 10.4. The molecule has 9 heavy (non-hydrogen) atoms. The molecule has 0 aliphatic carbocycles. The molecular weight excluding hydrogens is 132 g/mol. The molecule has 0 aromatic carbocycles. The topological polar surface area (TPSA) is 24.1 Å². The first-order valence-electron chi connectivity index (χ1n) is 2.54. The highest BCUT2D eigenvalue weighted by Crippen LogP contribution is 2.05. The van der Waals surface area contributed by atoms with E-state index in [1.165, 1.54) is 0 Å². The summed E-state index contributed by atoms with van der Waals surface area (Å²) in [5.41, 5.74) is 0. The summed E-state index contributed by atoms with van der Waals surface area (Å²) in [6.07, 6.45) is 1.95. The Morgan fingerprint density at radius 1 is 1.44 bits per heavy atom. The molecule has 0 radical (unpaired) electrons. The van der Waals surface area contributed by atoms with E-state index in [2.05, 4.69) is 28.4 Å². The zero-order chi connectivity index (χ0) is 7.49. The van der Waals surface area contributed by atoms with Crippen molar-refractivity contribution in [2.24, 2.45) is 0 Å². The molecule has 0 atom stereocenters. The Balaban J connectivity index is 3.91. The van der Waals surface area contributed by atoms with Gasteiger partial charge in [0.1, 0.15) is 5.82 Å². The predicted octanol–water partition coefficient (Wildman–Crippen LogP) is 0.480. The fraction of sp³-hybridized carbons (Fsp3) is 0.333. The van der Waals surface area contributed by atoms with Gasteiger partial charge in [-0.05, 0) is 6.26 Å². The smallest absolute Gasteiger partial charge is 0.100 e. The van der Waals surface area contributed by atoms with Gasteiger partial charge in [0.2, 0.25) is 0 Å². The molecule has 2 nitrogen and oxygen atoms in total. The second kappa shape index (κ2) is 2.82. The Hall–Kier alpha value is -0.570. The molecule has 0 bridgehead atoms. The van der Waals surface area contributed by atoms with E-state index in [0.717, 1.165) is 5.82 Å². The van der Waals surface area contributed by atoms with Gasteiger partial charge in [-0.2, -0.15) is 0 Å². The number of hydrogen-bond acceptors (Lipinski definition) is 2. The van der Waals surface area contributed by atoms with Crippen LogP contribution in [0.15, 0.2) is 12.4 Å². The largest absolute Gasteiger partial charge is 0.375 e. The molecule has 0 amide bonds. The van der Waals surface area contributed by atoms with Crippen LogP contribution in [-0.2, 0) is 0 Å². The lowest BCUT2D eigenvalue weighted by molar-refractivity contribution is 0.934. The molecule has 54 valence electrons. The summed E-state index contributed by atoms with van der Waals surface area (Å²) in [6, 6.07) is 0. The van der Waals surface area contributed by atoms with Gasteiger partial charge in [-0.25, -0.2) is 0 Å². The van der Waals surface area contributed by atoms with Crippen molar-refractivity contribution in [3.8, 4) is 0 Å². The Bertz CT molecular complexity index is 189. The van der Waals surface area contributed by atoms with Gasteiger partial charge in [0.25, 0.3) is 0 Å². The molecule has 0 aliphatic rings. The summed E-state index contributed by atoms with van der Waals surface area (Å²) < 4.78 is 3.02. The molecule has 0 aliphatic heterocycles. The quantitative estimate of drug-likeness (QED) is 0.566. The Labute approximate surface area is 57.6 Å². The highest BCUT2D eigenvalue weighted by atomic mass is 32.2. The minimum absolute atomic E-state index is 0.775. The molecule has 0 saturated carbocycles. The first kappa shape index (κ1) is 8.43. The Morgan fingerprint density at radius 2 is 1.89 bits per heavy atom. The molecule has 0 heterocycles. The van der Waals surface area contributed by atoms with Gasteiger partial charge in [0.05, 0.1) is 0 Å². The van der Waals surface area contributed by atoms with Crippen molar-refractivity contribution >= 4 is 21.1 Å². The van der Waals surface area contributed by atoms with Crippen LogP contribution in [0.25, 0.3) is 0 Å². The van der Waals surface area contributed by atoms with Crippen molar-refractivity contribution in [1.29, 1.82) is 0 Å². The van der Waals surface area contributed by atoms with E-state index >= 15 is 0 Å². The Kier molecular flexibility index (Phi) is 2.65. The average molecular weight is 146 g/mol. The van der Waals surface area contributed by atoms with Gasteiger partial charge in [-0.15, -0.1) is 9.39 Å². The minimum Gasteiger partial charge on any atom is -0.375 e. The standard InChI is InChI=1S/C6H14N2S/c1-6(7-2)8-9(3,4)5/h7-8H,1,3-4H2,2,5H3. The van der Waals surface area contributed by atoms with Crippen LogP contribution in [0, 0.1) is 0 Å². The van der Waals surface area contributed by atoms with Crippen molar-refractivity contribution in [3.63, 3.8) is 0 Å². The second-order valence-electron chi connectivity index (χ2n) is 2.10. The third-order valence-electron chi connectivity index (χ3n) is 0.671. The number of hydrogen-bond donors (Lipinski definition) is 2.